The van der Waals surface area contributed by atoms with Gasteiger partial charge in [-0.3, -0.25) is 4.79 Å². The van der Waals surface area contributed by atoms with Crippen LogP contribution in [0, 0.1) is 0 Å². The molecule has 0 aromatic heterocycles. The highest BCUT2D eigenvalue weighted by atomic mass is 16.5. The lowest BCUT2D eigenvalue weighted by molar-refractivity contribution is -0.131. The van der Waals surface area contributed by atoms with Gasteiger partial charge in [0.1, 0.15) is 6.10 Å². The van der Waals surface area contributed by atoms with Gasteiger partial charge in [0.25, 0.3) is 0 Å². The molecule has 4 heteroatoms. The number of rotatable bonds is 6. The molecule has 0 aromatic rings. The molecule has 0 aromatic carbocycles. The lowest BCUT2D eigenvalue weighted by atomic mass is 10.4. The third-order valence-corrected chi connectivity index (χ3v) is 1.51. The Bertz CT molecular complexity index is 128. The lowest BCUT2D eigenvalue weighted by Gasteiger charge is -2.10. The molecule has 0 aliphatic rings. The third-order valence-electron chi connectivity index (χ3n) is 1.51. The molecule has 0 heterocycles. The molecule has 0 rings (SSSR count). The number of likely N-dealkylation sites (N-methyl/N-ethyl adjacent to an activating group) is 2. The first-order valence-corrected chi connectivity index (χ1v) is 4.26. The van der Waals surface area contributed by atoms with Crippen LogP contribution in [0.3, 0.4) is 0 Å². The van der Waals surface area contributed by atoms with E-state index in [-0.39, 0.29) is 12.0 Å². The Balaban J connectivity index is 3.31. The molecule has 0 saturated carbocycles. The Kier molecular flexibility index (Phi) is 6.70. The van der Waals surface area contributed by atoms with E-state index in [2.05, 4.69) is 10.6 Å². The highest BCUT2D eigenvalue weighted by Gasteiger charge is 2.09. The van der Waals surface area contributed by atoms with Gasteiger partial charge >= 0.3 is 0 Å². The topological polar surface area (TPSA) is 50.4 Å². The van der Waals surface area contributed by atoms with Crippen molar-refractivity contribution in [3.05, 3.63) is 0 Å². The molecule has 0 saturated heterocycles. The summed E-state index contributed by atoms with van der Waals surface area (Å²) in [5.41, 5.74) is 0. The number of amides is 1. The summed E-state index contributed by atoms with van der Waals surface area (Å²) in [5.74, 6) is -0.0773. The van der Waals surface area contributed by atoms with E-state index in [4.69, 9.17) is 4.74 Å². The van der Waals surface area contributed by atoms with Crippen molar-refractivity contribution in [3.63, 3.8) is 0 Å². The van der Waals surface area contributed by atoms with Gasteiger partial charge in [0.2, 0.25) is 5.91 Å². The van der Waals surface area contributed by atoms with Crippen molar-refractivity contribution in [2.75, 3.05) is 26.7 Å². The van der Waals surface area contributed by atoms with Crippen molar-refractivity contribution >= 4 is 5.91 Å². The summed E-state index contributed by atoms with van der Waals surface area (Å²) < 4.78 is 5.22. The normalized spacial score (nSPS) is 12.6. The summed E-state index contributed by atoms with van der Waals surface area (Å²) in [6.07, 6.45) is -0.353. The maximum absolute atomic E-state index is 10.9. The van der Waals surface area contributed by atoms with E-state index in [9.17, 15) is 4.79 Å². The standard InChI is InChI=1S/C8H18N2O2/c1-4-10-5-6-12-7(2)8(11)9-3/h7,10H,4-6H2,1-3H3,(H,9,11). The van der Waals surface area contributed by atoms with E-state index >= 15 is 0 Å². The molecule has 0 aliphatic heterocycles. The maximum atomic E-state index is 10.9. The zero-order valence-electron chi connectivity index (χ0n) is 8.02. The van der Waals surface area contributed by atoms with E-state index in [0.717, 1.165) is 13.1 Å². The lowest BCUT2D eigenvalue weighted by Crippen LogP contribution is -2.33. The highest BCUT2D eigenvalue weighted by Crippen LogP contribution is 1.88. The van der Waals surface area contributed by atoms with Crippen molar-refractivity contribution in [2.24, 2.45) is 0 Å². The van der Waals surface area contributed by atoms with E-state index in [1.54, 1.807) is 14.0 Å². The first-order valence-electron chi connectivity index (χ1n) is 4.26. The monoisotopic (exact) mass is 174 g/mol. The fourth-order valence-corrected chi connectivity index (χ4v) is 0.764. The summed E-state index contributed by atoms with van der Waals surface area (Å²) in [5, 5.41) is 5.63. The molecule has 1 atom stereocenters. The minimum absolute atomic E-state index is 0.0773. The van der Waals surface area contributed by atoms with Gasteiger partial charge in [-0.25, -0.2) is 0 Å². The van der Waals surface area contributed by atoms with Gasteiger partial charge in [-0.2, -0.15) is 0 Å². The van der Waals surface area contributed by atoms with Gasteiger partial charge in [-0.15, -0.1) is 0 Å². The summed E-state index contributed by atoms with van der Waals surface area (Å²) in [7, 11) is 1.60. The molecule has 0 radical (unpaired) electrons. The van der Waals surface area contributed by atoms with Crippen molar-refractivity contribution in [1.29, 1.82) is 0 Å². The van der Waals surface area contributed by atoms with E-state index in [0.29, 0.717) is 6.61 Å². The number of ether oxygens (including phenoxy) is 1. The molecule has 1 unspecified atom stereocenters. The zero-order chi connectivity index (χ0) is 9.40. The Morgan fingerprint density at radius 2 is 2.25 bits per heavy atom. The first kappa shape index (κ1) is 11.4. The van der Waals surface area contributed by atoms with Crippen molar-refractivity contribution in [1.82, 2.24) is 10.6 Å². The number of carbonyl (C=O) groups excluding carboxylic acids is 1. The molecule has 0 aliphatic carbocycles. The Hall–Kier alpha value is -0.610. The van der Waals surface area contributed by atoms with Crippen molar-refractivity contribution in [2.45, 2.75) is 20.0 Å². The second kappa shape index (κ2) is 7.06. The molecule has 12 heavy (non-hydrogen) atoms. The minimum atomic E-state index is -0.353. The van der Waals surface area contributed by atoms with Crippen LogP contribution >= 0.6 is 0 Å². The van der Waals surface area contributed by atoms with Gasteiger partial charge in [0.15, 0.2) is 0 Å². The van der Waals surface area contributed by atoms with E-state index in [1.807, 2.05) is 6.92 Å². The molecule has 0 bridgehead atoms. The minimum Gasteiger partial charge on any atom is -0.367 e. The van der Waals surface area contributed by atoms with Gasteiger partial charge in [0, 0.05) is 13.6 Å². The molecular weight excluding hydrogens is 156 g/mol. The van der Waals surface area contributed by atoms with E-state index in [1.165, 1.54) is 0 Å². The molecule has 2 N–H and O–H groups in total. The van der Waals surface area contributed by atoms with Crippen molar-refractivity contribution in [3.8, 4) is 0 Å². The van der Waals surface area contributed by atoms with E-state index < -0.39 is 0 Å². The molecule has 0 spiro atoms. The quantitative estimate of drug-likeness (QED) is 0.546. The summed E-state index contributed by atoms with van der Waals surface area (Å²) >= 11 is 0. The number of hydrogen-bond donors (Lipinski definition) is 2. The Labute approximate surface area is 73.7 Å². The Morgan fingerprint density at radius 1 is 1.58 bits per heavy atom. The van der Waals surface area contributed by atoms with Crippen molar-refractivity contribution < 1.29 is 9.53 Å². The molecule has 72 valence electrons. The average Bonchev–Trinajstić information content (AvgIpc) is 2.10. The van der Waals surface area contributed by atoms with Crippen LogP contribution in [0.15, 0.2) is 0 Å². The number of hydrogen-bond acceptors (Lipinski definition) is 3. The van der Waals surface area contributed by atoms with Crippen LogP contribution in [0.1, 0.15) is 13.8 Å². The summed E-state index contributed by atoms with van der Waals surface area (Å²) in [6, 6.07) is 0. The van der Waals surface area contributed by atoms with Crippen LogP contribution in [0.5, 0.6) is 0 Å². The molecule has 4 nitrogen and oxygen atoms in total. The predicted octanol–water partition coefficient (Wildman–Crippen LogP) is -0.253. The zero-order valence-corrected chi connectivity index (χ0v) is 8.02. The predicted molar refractivity (Wildman–Crippen MR) is 48.0 cm³/mol. The van der Waals surface area contributed by atoms with Crippen LogP contribution in [-0.2, 0) is 9.53 Å². The number of nitrogens with one attached hydrogen (secondary N) is 2. The largest absolute Gasteiger partial charge is 0.367 e. The molecular formula is C8H18N2O2. The average molecular weight is 174 g/mol. The molecule has 0 fully saturated rings. The first-order chi connectivity index (χ1) is 5.72. The second-order valence-electron chi connectivity index (χ2n) is 2.48. The van der Waals surface area contributed by atoms with Crippen LogP contribution in [0.4, 0.5) is 0 Å². The fraction of sp³-hybridized carbons (Fsp3) is 0.875. The van der Waals surface area contributed by atoms with Crippen LogP contribution in [0.2, 0.25) is 0 Å². The van der Waals surface area contributed by atoms with Crippen LogP contribution in [0.25, 0.3) is 0 Å². The summed E-state index contributed by atoms with van der Waals surface area (Å²) in [4.78, 5) is 10.9. The Morgan fingerprint density at radius 3 is 2.75 bits per heavy atom. The van der Waals surface area contributed by atoms with Crippen LogP contribution in [-0.4, -0.2) is 38.8 Å². The SMILES string of the molecule is CCNCCOC(C)C(=O)NC. The third kappa shape index (κ3) is 5.09. The smallest absolute Gasteiger partial charge is 0.248 e. The summed E-state index contributed by atoms with van der Waals surface area (Å²) in [6.45, 7) is 6.06. The van der Waals surface area contributed by atoms with Gasteiger partial charge in [0.05, 0.1) is 6.61 Å². The second-order valence-corrected chi connectivity index (χ2v) is 2.48. The van der Waals surface area contributed by atoms with Gasteiger partial charge < -0.3 is 15.4 Å². The van der Waals surface area contributed by atoms with Gasteiger partial charge in [-0.1, -0.05) is 6.92 Å². The number of carbonyl (C=O) groups is 1. The maximum Gasteiger partial charge on any atom is 0.248 e. The fourth-order valence-electron chi connectivity index (χ4n) is 0.764. The highest BCUT2D eigenvalue weighted by molar-refractivity contribution is 5.79. The molecule has 1 amide bonds. The van der Waals surface area contributed by atoms with Crippen LogP contribution < -0.4 is 10.6 Å². The van der Waals surface area contributed by atoms with Gasteiger partial charge in [-0.05, 0) is 13.5 Å².